The average Bonchev–Trinajstić information content (AvgIpc) is 3.04. The highest BCUT2D eigenvalue weighted by molar-refractivity contribution is 7.16. The largest absolute Gasteiger partial charge is 0.353 e. The number of hydrogen-bond donors (Lipinski definition) is 2. The molecule has 7 nitrogen and oxygen atoms in total. The van der Waals surface area contributed by atoms with Gasteiger partial charge >= 0.3 is 0 Å². The second kappa shape index (κ2) is 7.13. The lowest BCUT2D eigenvalue weighted by atomic mass is 10.0. The third-order valence-electron chi connectivity index (χ3n) is 4.97. The third-order valence-corrected chi connectivity index (χ3v) is 6.12. The zero-order chi connectivity index (χ0) is 19.0. The summed E-state index contributed by atoms with van der Waals surface area (Å²) in [6, 6.07) is 6.32. The lowest BCUT2D eigenvalue weighted by Crippen LogP contribution is -2.43. The van der Waals surface area contributed by atoms with E-state index in [0.29, 0.717) is 0 Å². The smallest absolute Gasteiger partial charge is 0.269 e. The van der Waals surface area contributed by atoms with Crippen molar-refractivity contribution < 1.29 is 9.72 Å². The van der Waals surface area contributed by atoms with E-state index in [2.05, 4.69) is 22.5 Å². The van der Waals surface area contributed by atoms with Crippen molar-refractivity contribution in [3.05, 3.63) is 62.0 Å². The second-order valence-corrected chi connectivity index (χ2v) is 7.74. The Morgan fingerprint density at radius 3 is 2.81 bits per heavy atom. The normalized spacial score (nSPS) is 19.3. The summed E-state index contributed by atoms with van der Waals surface area (Å²) in [6.45, 7) is 5.07. The molecule has 27 heavy (non-hydrogen) atoms. The summed E-state index contributed by atoms with van der Waals surface area (Å²) >= 11 is 1.67. The summed E-state index contributed by atoms with van der Waals surface area (Å²) in [5.74, 6) is -0.0375. The van der Waals surface area contributed by atoms with E-state index in [9.17, 15) is 14.9 Å². The fourth-order valence-corrected chi connectivity index (χ4v) is 4.79. The van der Waals surface area contributed by atoms with Gasteiger partial charge in [-0.05, 0) is 42.3 Å². The second-order valence-electron chi connectivity index (χ2n) is 6.63. The van der Waals surface area contributed by atoms with Crippen molar-refractivity contribution in [2.75, 3.05) is 18.4 Å². The molecule has 2 aliphatic heterocycles. The van der Waals surface area contributed by atoms with Gasteiger partial charge in [0.1, 0.15) is 11.2 Å². The number of thiophene rings is 1. The Labute approximate surface area is 160 Å². The van der Waals surface area contributed by atoms with Gasteiger partial charge in [-0.15, -0.1) is 11.3 Å². The molecule has 0 spiro atoms. The van der Waals surface area contributed by atoms with Crippen LogP contribution in [0.4, 0.5) is 10.7 Å². The summed E-state index contributed by atoms with van der Waals surface area (Å²) in [5.41, 5.74) is 2.88. The molecule has 1 aromatic heterocycles. The first-order valence-electron chi connectivity index (χ1n) is 8.92. The van der Waals surface area contributed by atoms with Crippen molar-refractivity contribution in [2.45, 2.75) is 26.1 Å². The molecular formula is C19H20N4O3S. The number of amides is 1. The summed E-state index contributed by atoms with van der Waals surface area (Å²) in [6.07, 6.45) is 4.31. The highest BCUT2D eigenvalue weighted by Crippen LogP contribution is 2.38. The first-order chi connectivity index (χ1) is 13.0. The van der Waals surface area contributed by atoms with Gasteiger partial charge in [0, 0.05) is 30.1 Å². The van der Waals surface area contributed by atoms with Crippen LogP contribution < -0.4 is 10.6 Å². The SMILES string of the molecule is CCN1CCc2c(sc3c2C(=O)NC(/C=C\c2ccc([N+](=O)[O-])cc2)N3)C1. The zero-order valence-electron chi connectivity index (χ0n) is 14.9. The summed E-state index contributed by atoms with van der Waals surface area (Å²) in [4.78, 5) is 26.6. The van der Waals surface area contributed by atoms with Crippen molar-refractivity contribution in [3.8, 4) is 0 Å². The molecule has 1 amide bonds. The molecule has 2 aromatic rings. The summed E-state index contributed by atoms with van der Waals surface area (Å²) in [7, 11) is 0. The third kappa shape index (κ3) is 3.45. The topological polar surface area (TPSA) is 87.5 Å². The van der Waals surface area contributed by atoms with Crippen molar-refractivity contribution >= 4 is 34.0 Å². The van der Waals surface area contributed by atoms with Gasteiger partial charge in [0.25, 0.3) is 11.6 Å². The Bertz CT molecular complexity index is 920. The van der Waals surface area contributed by atoms with E-state index >= 15 is 0 Å². The molecule has 2 N–H and O–H groups in total. The number of nitrogens with zero attached hydrogens (tertiary/aromatic N) is 2. The minimum Gasteiger partial charge on any atom is -0.353 e. The molecule has 0 radical (unpaired) electrons. The Kier molecular flexibility index (Phi) is 4.67. The summed E-state index contributed by atoms with van der Waals surface area (Å²) in [5, 5.41) is 18.0. The molecule has 0 bridgehead atoms. The number of rotatable bonds is 4. The van der Waals surface area contributed by atoms with Crippen LogP contribution in [-0.2, 0) is 13.0 Å². The van der Waals surface area contributed by atoms with Crippen molar-refractivity contribution in [3.63, 3.8) is 0 Å². The van der Waals surface area contributed by atoms with E-state index in [1.807, 2.05) is 12.2 Å². The van der Waals surface area contributed by atoms with Gasteiger partial charge in [0.05, 0.1) is 10.5 Å². The van der Waals surface area contributed by atoms with Crippen molar-refractivity contribution in [1.82, 2.24) is 10.2 Å². The van der Waals surface area contributed by atoms with Crippen LogP contribution in [0.2, 0.25) is 0 Å². The first kappa shape index (κ1) is 17.7. The average molecular weight is 384 g/mol. The number of non-ortho nitro benzene ring substituents is 1. The summed E-state index contributed by atoms with van der Waals surface area (Å²) < 4.78 is 0. The van der Waals surface area contributed by atoms with Crippen LogP contribution in [0.15, 0.2) is 30.3 Å². The van der Waals surface area contributed by atoms with Crippen LogP contribution in [0.5, 0.6) is 0 Å². The Morgan fingerprint density at radius 2 is 2.11 bits per heavy atom. The van der Waals surface area contributed by atoms with Crippen LogP contribution in [-0.4, -0.2) is 35.0 Å². The van der Waals surface area contributed by atoms with Crippen LogP contribution in [0.3, 0.4) is 0 Å². The van der Waals surface area contributed by atoms with Gasteiger partial charge in [0.2, 0.25) is 0 Å². The maximum Gasteiger partial charge on any atom is 0.269 e. The fourth-order valence-electron chi connectivity index (χ4n) is 3.47. The number of hydrogen-bond acceptors (Lipinski definition) is 6. The molecule has 8 heteroatoms. The highest BCUT2D eigenvalue weighted by atomic mass is 32.1. The van der Waals surface area contributed by atoms with E-state index in [-0.39, 0.29) is 17.8 Å². The molecule has 1 atom stereocenters. The van der Waals surface area contributed by atoms with Gasteiger partial charge in [0.15, 0.2) is 0 Å². The molecule has 0 saturated heterocycles. The molecule has 140 valence electrons. The predicted molar refractivity (Wildman–Crippen MR) is 106 cm³/mol. The van der Waals surface area contributed by atoms with Crippen LogP contribution >= 0.6 is 11.3 Å². The molecule has 0 fully saturated rings. The molecule has 1 aromatic carbocycles. The van der Waals surface area contributed by atoms with E-state index in [0.717, 1.165) is 42.2 Å². The Balaban J connectivity index is 1.51. The van der Waals surface area contributed by atoms with Crippen molar-refractivity contribution in [2.24, 2.45) is 0 Å². The van der Waals surface area contributed by atoms with Gasteiger partial charge in [-0.2, -0.15) is 0 Å². The number of nitrogens with one attached hydrogen (secondary N) is 2. The monoisotopic (exact) mass is 384 g/mol. The van der Waals surface area contributed by atoms with E-state index < -0.39 is 4.92 Å². The number of carbonyl (C=O) groups is 1. The predicted octanol–water partition coefficient (Wildman–Crippen LogP) is 3.23. The molecule has 0 saturated carbocycles. The lowest BCUT2D eigenvalue weighted by Gasteiger charge is -2.26. The molecule has 3 heterocycles. The van der Waals surface area contributed by atoms with E-state index in [1.54, 1.807) is 23.5 Å². The molecule has 1 unspecified atom stereocenters. The molecular weight excluding hydrogens is 364 g/mol. The Hall–Kier alpha value is -2.71. The fraction of sp³-hybridized carbons (Fsp3) is 0.316. The first-order valence-corrected chi connectivity index (χ1v) is 9.73. The van der Waals surface area contributed by atoms with Crippen LogP contribution in [0.1, 0.15) is 33.3 Å². The number of likely N-dealkylation sites (N-methyl/N-ethyl adjacent to an activating group) is 1. The van der Waals surface area contributed by atoms with Gasteiger partial charge in [-0.1, -0.05) is 13.0 Å². The molecule has 0 aliphatic carbocycles. The standard InChI is InChI=1S/C19H20N4O3S/c1-2-22-10-9-14-15(11-22)27-19-17(14)18(24)20-16(21-19)8-5-12-3-6-13(7-4-12)23(25)26/h3-8,16,21H,2,9-11H2,1H3,(H,20,24)/b8-5-. The number of nitro groups is 1. The van der Waals surface area contributed by atoms with Crippen LogP contribution in [0.25, 0.3) is 6.08 Å². The van der Waals surface area contributed by atoms with Crippen molar-refractivity contribution in [1.29, 1.82) is 0 Å². The van der Waals surface area contributed by atoms with Crippen LogP contribution in [0, 0.1) is 10.1 Å². The quantitative estimate of drug-likeness (QED) is 0.624. The Morgan fingerprint density at radius 1 is 1.33 bits per heavy atom. The highest BCUT2D eigenvalue weighted by Gasteiger charge is 2.31. The maximum atomic E-state index is 12.6. The van der Waals surface area contributed by atoms with Gasteiger partial charge < -0.3 is 10.6 Å². The lowest BCUT2D eigenvalue weighted by molar-refractivity contribution is -0.384. The van der Waals surface area contributed by atoms with Gasteiger partial charge in [-0.3, -0.25) is 19.8 Å². The number of anilines is 1. The zero-order valence-corrected chi connectivity index (χ0v) is 15.7. The number of nitro benzene ring substituents is 1. The molecule has 4 rings (SSSR count). The van der Waals surface area contributed by atoms with E-state index in [4.69, 9.17) is 0 Å². The minimum atomic E-state index is -0.420. The number of carbonyl (C=O) groups excluding carboxylic acids is 1. The van der Waals surface area contributed by atoms with Gasteiger partial charge in [-0.25, -0.2) is 0 Å². The molecule has 2 aliphatic rings. The maximum absolute atomic E-state index is 12.6. The van der Waals surface area contributed by atoms with E-state index in [1.165, 1.54) is 22.6 Å². The number of fused-ring (bicyclic) bond motifs is 3. The number of benzene rings is 1. The minimum absolute atomic E-state index is 0.0375.